The number of amides is 2. The van der Waals surface area contributed by atoms with Crippen LogP contribution in [0.3, 0.4) is 0 Å². The van der Waals surface area contributed by atoms with Crippen molar-refractivity contribution in [2.75, 3.05) is 13.1 Å². The van der Waals surface area contributed by atoms with Crippen molar-refractivity contribution in [3.8, 4) is 11.1 Å². The summed E-state index contributed by atoms with van der Waals surface area (Å²) >= 11 is 0. The van der Waals surface area contributed by atoms with Crippen LogP contribution in [0.2, 0.25) is 0 Å². The van der Waals surface area contributed by atoms with Gasteiger partial charge in [0, 0.05) is 37.6 Å². The van der Waals surface area contributed by atoms with E-state index in [-0.39, 0.29) is 17.6 Å². The lowest BCUT2D eigenvalue weighted by Crippen LogP contribution is -2.33. The van der Waals surface area contributed by atoms with Crippen LogP contribution in [0.4, 0.5) is 0 Å². The van der Waals surface area contributed by atoms with Crippen molar-refractivity contribution in [3.63, 3.8) is 0 Å². The van der Waals surface area contributed by atoms with Crippen LogP contribution >= 0.6 is 0 Å². The first-order valence-corrected chi connectivity index (χ1v) is 8.27. The predicted octanol–water partition coefficient (Wildman–Crippen LogP) is 2.81. The molecule has 0 aromatic heterocycles. The highest BCUT2D eigenvalue weighted by Crippen LogP contribution is 2.21. The summed E-state index contributed by atoms with van der Waals surface area (Å²) in [4.78, 5) is 34.7. The van der Waals surface area contributed by atoms with E-state index >= 15 is 0 Å². The van der Waals surface area contributed by atoms with Gasteiger partial charge >= 0.3 is 0 Å². The lowest BCUT2D eigenvalue weighted by molar-refractivity contribution is -0.118. The maximum atomic E-state index is 12.2. The summed E-state index contributed by atoms with van der Waals surface area (Å²) in [7, 11) is 0. The highest BCUT2D eigenvalue weighted by molar-refractivity contribution is 5.97. The molecule has 0 aliphatic carbocycles. The van der Waals surface area contributed by atoms with Gasteiger partial charge in [-0.2, -0.15) is 0 Å². The van der Waals surface area contributed by atoms with E-state index in [2.05, 4.69) is 10.6 Å². The van der Waals surface area contributed by atoms with Gasteiger partial charge in [0.15, 0.2) is 5.78 Å². The summed E-state index contributed by atoms with van der Waals surface area (Å²) in [5, 5.41) is 5.39. The Kier molecular flexibility index (Phi) is 6.46. The maximum Gasteiger partial charge on any atom is 0.251 e. The summed E-state index contributed by atoms with van der Waals surface area (Å²) in [6.07, 6.45) is 0.480. The second-order valence-electron chi connectivity index (χ2n) is 5.67. The molecule has 2 aromatic rings. The Morgan fingerprint density at radius 1 is 0.840 bits per heavy atom. The summed E-state index contributed by atoms with van der Waals surface area (Å²) < 4.78 is 0. The Labute approximate surface area is 147 Å². The molecule has 0 fully saturated rings. The largest absolute Gasteiger partial charge is 0.355 e. The smallest absolute Gasteiger partial charge is 0.251 e. The molecule has 2 N–H and O–H groups in total. The molecule has 0 spiro atoms. The summed E-state index contributed by atoms with van der Waals surface area (Å²) in [5.74, 6) is -0.204. The van der Waals surface area contributed by atoms with E-state index in [0.29, 0.717) is 30.6 Å². The Morgan fingerprint density at radius 2 is 1.52 bits per heavy atom. The molecule has 0 saturated carbocycles. The molecule has 0 aliphatic rings. The average Bonchev–Trinajstić information content (AvgIpc) is 2.64. The molecule has 2 amide bonds. The quantitative estimate of drug-likeness (QED) is 0.602. The van der Waals surface area contributed by atoms with Crippen molar-refractivity contribution in [1.82, 2.24) is 10.6 Å². The van der Waals surface area contributed by atoms with Crippen LogP contribution < -0.4 is 10.6 Å². The molecule has 0 unspecified atom stereocenters. The zero-order valence-electron chi connectivity index (χ0n) is 14.5. The summed E-state index contributed by atoms with van der Waals surface area (Å²) in [6, 6.07) is 14.7. The highest BCUT2D eigenvalue weighted by Gasteiger charge is 2.08. The number of Topliss-reactive ketones (excluding diaryl/α,β-unsaturated/α-hetero) is 1. The number of hydrogen-bond acceptors (Lipinski definition) is 3. The SMILES string of the molecule is CCC(=O)c1ccc(-c2cccc(C(=O)NCCNC(C)=O)c2)cc1. The van der Waals surface area contributed by atoms with E-state index in [0.717, 1.165) is 11.1 Å². The number of hydrogen-bond donors (Lipinski definition) is 2. The van der Waals surface area contributed by atoms with E-state index in [1.807, 2.05) is 37.3 Å². The van der Waals surface area contributed by atoms with E-state index in [9.17, 15) is 14.4 Å². The minimum atomic E-state index is -0.190. The first-order chi connectivity index (χ1) is 12.0. The molecule has 0 saturated heterocycles. The third kappa shape index (κ3) is 5.28. The van der Waals surface area contributed by atoms with E-state index < -0.39 is 0 Å². The maximum absolute atomic E-state index is 12.2. The summed E-state index contributed by atoms with van der Waals surface area (Å²) in [6.45, 7) is 4.04. The molecule has 0 aliphatic heterocycles. The van der Waals surface area contributed by atoms with Crippen molar-refractivity contribution in [1.29, 1.82) is 0 Å². The fourth-order valence-corrected chi connectivity index (χ4v) is 2.41. The third-order valence-electron chi connectivity index (χ3n) is 3.77. The molecule has 0 radical (unpaired) electrons. The molecule has 130 valence electrons. The van der Waals surface area contributed by atoms with Crippen molar-refractivity contribution in [2.45, 2.75) is 20.3 Å². The second-order valence-corrected chi connectivity index (χ2v) is 5.67. The van der Waals surface area contributed by atoms with Crippen LogP contribution in [-0.2, 0) is 4.79 Å². The van der Waals surface area contributed by atoms with E-state index in [1.54, 1.807) is 18.2 Å². The normalized spacial score (nSPS) is 10.2. The second kappa shape index (κ2) is 8.78. The zero-order valence-corrected chi connectivity index (χ0v) is 14.5. The Morgan fingerprint density at radius 3 is 2.16 bits per heavy atom. The van der Waals surface area contributed by atoms with Gasteiger partial charge in [0.25, 0.3) is 5.91 Å². The van der Waals surface area contributed by atoms with Crippen molar-refractivity contribution in [2.24, 2.45) is 0 Å². The molecule has 2 aromatic carbocycles. The van der Waals surface area contributed by atoms with Gasteiger partial charge in [0.1, 0.15) is 0 Å². The molecular weight excluding hydrogens is 316 g/mol. The highest BCUT2D eigenvalue weighted by atomic mass is 16.2. The van der Waals surface area contributed by atoms with Crippen LogP contribution in [0.15, 0.2) is 48.5 Å². The van der Waals surface area contributed by atoms with Crippen molar-refractivity contribution in [3.05, 3.63) is 59.7 Å². The van der Waals surface area contributed by atoms with E-state index in [1.165, 1.54) is 6.92 Å². The lowest BCUT2D eigenvalue weighted by atomic mass is 10.00. The third-order valence-corrected chi connectivity index (χ3v) is 3.77. The molecule has 0 atom stereocenters. The molecule has 0 bridgehead atoms. The molecule has 0 heterocycles. The number of carbonyl (C=O) groups excluding carboxylic acids is 3. The molecule has 5 nitrogen and oxygen atoms in total. The van der Waals surface area contributed by atoms with Crippen LogP contribution in [0.5, 0.6) is 0 Å². The van der Waals surface area contributed by atoms with Gasteiger partial charge in [-0.3, -0.25) is 14.4 Å². The zero-order chi connectivity index (χ0) is 18.2. The van der Waals surface area contributed by atoms with Crippen molar-refractivity contribution >= 4 is 17.6 Å². The van der Waals surface area contributed by atoms with Gasteiger partial charge in [-0.25, -0.2) is 0 Å². The van der Waals surface area contributed by atoms with Crippen LogP contribution in [-0.4, -0.2) is 30.7 Å². The molecule has 5 heteroatoms. The van der Waals surface area contributed by atoms with Gasteiger partial charge in [-0.15, -0.1) is 0 Å². The topological polar surface area (TPSA) is 75.3 Å². The number of benzene rings is 2. The van der Waals surface area contributed by atoms with Gasteiger partial charge in [0.05, 0.1) is 0 Å². The van der Waals surface area contributed by atoms with Crippen LogP contribution in [0.1, 0.15) is 41.0 Å². The molecule has 25 heavy (non-hydrogen) atoms. The summed E-state index contributed by atoms with van der Waals surface area (Å²) in [5.41, 5.74) is 3.10. The standard InChI is InChI=1S/C20H22N2O3/c1-3-19(24)16-9-7-15(8-10-16)17-5-4-6-18(13-17)20(25)22-12-11-21-14(2)23/h4-10,13H,3,11-12H2,1-2H3,(H,21,23)(H,22,25). The van der Waals surface area contributed by atoms with Gasteiger partial charge < -0.3 is 10.6 Å². The molecule has 2 rings (SSSR count). The Hall–Kier alpha value is -2.95. The van der Waals surface area contributed by atoms with E-state index in [4.69, 9.17) is 0 Å². The van der Waals surface area contributed by atoms with Crippen molar-refractivity contribution < 1.29 is 14.4 Å². The molecular formula is C20H22N2O3. The minimum Gasteiger partial charge on any atom is -0.355 e. The van der Waals surface area contributed by atoms with Gasteiger partial charge in [-0.05, 0) is 23.3 Å². The minimum absolute atomic E-state index is 0.110. The first kappa shape index (κ1) is 18.4. The number of nitrogens with one attached hydrogen (secondary N) is 2. The average molecular weight is 338 g/mol. The number of carbonyl (C=O) groups is 3. The van der Waals surface area contributed by atoms with Gasteiger partial charge in [0.2, 0.25) is 5.91 Å². The Balaban J connectivity index is 2.06. The number of ketones is 1. The predicted molar refractivity (Wildman–Crippen MR) is 97.5 cm³/mol. The van der Waals surface area contributed by atoms with Gasteiger partial charge in [-0.1, -0.05) is 43.3 Å². The van der Waals surface area contributed by atoms with Crippen LogP contribution in [0.25, 0.3) is 11.1 Å². The fourth-order valence-electron chi connectivity index (χ4n) is 2.41. The Bertz CT molecular complexity index is 767. The number of rotatable bonds is 7. The lowest BCUT2D eigenvalue weighted by Gasteiger charge is -2.08. The first-order valence-electron chi connectivity index (χ1n) is 8.27. The monoisotopic (exact) mass is 338 g/mol. The fraction of sp³-hybridized carbons (Fsp3) is 0.250. The van der Waals surface area contributed by atoms with Crippen LogP contribution in [0, 0.1) is 0 Å².